The van der Waals surface area contributed by atoms with Gasteiger partial charge >= 0.3 is 0 Å². The number of nitrogens with zero attached hydrogens (tertiary/aromatic N) is 5. The summed E-state index contributed by atoms with van der Waals surface area (Å²) in [6.07, 6.45) is 6.36. The molecule has 6 heteroatoms. The predicted octanol–water partition coefficient (Wildman–Crippen LogP) is 1.68. The van der Waals surface area contributed by atoms with Gasteiger partial charge in [-0.1, -0.05) is 0 Å². The molecule has 1 atom stereocenters. The minimum atomic E-state index is 0.163. The molecule has 1 fully saturated rings. The van der Waals surface area contributed by atoms with Gasteiger partial charge in [-0.15, -0.1) is 0 Å². The summed E-state index contributed by atoms with van der Waals surface area (Å²) in [4.78, 5) is 21.9. The van der Waals surface area contributed by atoms with Crippen LogP contribution < -0.4 is 4.90 Å². The number of rotatable bonds is 2. The third kappa shape index (κ3) is 2.56. The van der Waals surface area contributed by atoms with Gasteiger partial charge in [0.25, 0.3) is 0 Å². The highest BCUT2D eigenvalue weighted by Crippen LogP contribution is 2.32. The Morgan fingerprint density at radius 3 is 3.08 bits per heavy atom. The minimum Gasteiger partial charge on any atom is -0.365 e. The second kappa shape index (κ2) is 5.92. The van der Waals surface area contributed by atoms with Crippen LogP contribution in [0.2, 0.25) is 0 Å². The molecule has 0 saturated carbocycles. The van der Waals surface area contributed by atoms with Crippen molar-refractivity contribution < 1.29 is 4.79 Å². The Bertz CT molecular complexity index is 769. The molecule has 4 heterocycles. The summed E-state index contributed by atoms with van der Waals surface area (Å²) >= 11 is 0. The Morgan fingerprint density at radius 1 is 1.42 bits per heavy atom. The van der Waals surface area contributed by atoms with E-state index in [0.717, 1.165) is 36.5 Å². The zero-order chi connectivity index (χ0) is 16.7. The fourth-order valence-electron chi connectivity index (χ4n) is 3.84. The summed E-state index contributed by atoms with van der Waals surface area (Å²) in [7, 11) is 1.91. The van der Waals surface area contributed by atoms with Gasteiger partial charge in [0.2, 0.25) is 5.91 Å². The molecule has 0 radical (unpaired) electrons. The van der Waals surface area contributed by atoms with Crippen molar-refractivity contribution in [2.75, 3.05) is 18.0 Å². The lowest BCUT2D eigenvalue weighted by Gasteiger charge is -2.27. The molecule has 0 aromatic carbocycles. The van der Waals surface area contributed by atoms with Gasteiger partial charge in [0, 0.05) is 43.6 Å². The number of aromatic nitrogens is 3. The SMILES string of the molecule is Cc1c(CC(=O)N2Cc3ncccc3N3CCC[C@H]3C2)cnn1C. The van der Waals surface area contributed by atoms with Gasteiger partial charge in [-0.25, -0.2) is 0 Å². The van der Waals surface area contributed by atoms with E-state index in [1.165, 1.54) is 12.1 Å². The van der Waals surface area contributed by atoms with E-state index in [4.69, 9.17) is 0 Å². The van der Waals surface area contributed by atoms with Crippen molar-refractivity contribution in [2.45, 2.75) is 38.8 Å². The summed E-state index contributed by atoms with van der Waals surface area (Å²) in [5.41, 5.74) is 4.28. The molecule has 0 bridgehead atoms. The lowest BCUT2D eigenvalue weighted by molar-refractivity contribution is -0.131. The smallest absolute Gasteiger partial charge is 0.227 e. The van der Waals surface area contributed by atoms with E-state index < -0.39 is 0 Å². The third-order valence-electron chi connectivity index (χ3n) is 5.36. The highest BCUT2D eigenvalue weighted by atomic mass is 16.2. The van der Waals surface area contributed by atoms with E-state index in [1.807, 2.05) is 35.8 Å². The van der Waals surface area contributed by atoms with E-state index in [2.05, 4.69) is 21.0 Å². The summed E-state index contributed by atoms with van der Waals surface area (Å²) < 4.78 is 1.82. The van der Waals surface area contributed by atoms with Crippen LogP contribution in [0, 0.1) is 6.92 Å². The largest absolute Gasteiger partial charge is 0.365 e. The van der Waals surface area contributed by atoms with Gasteiger partial charge < -0.3 is 9.80 Å². The van der Waals surface area contributed by atoms with Crippen molar-refractivity contribution in [3.63, 3.8) is 0 Å². The number of aryl methyl sites for hydroxylation is 1. The van der Waals surface area contributed by atoms with E-state index in [-0.39, 0.29) is 5.91 Å². The molecule has 1 saturated heterocycles. The van der Waals surface area contributed by atoms with Crippen LogP contribution in [0.1, 0.15) is 29.8 Å². The second-order valence-electron chi connectivity index (χ2n) is 6.79. The molecule has 0 aliphatic carbocycles. The lowest BCUT2D eigenvalue weighted by atomic mass is 10.1. The molecule has 2 aliphatic rings. The molecule has 6 nitrogen and oxygen atoms in total. The van der Waals surface area contributed by atoms with Crippen LogP contribution in [-0.2, 0) is 24.8 Å². The Labute approximate surface area is 142 Å². The number of carbonyl (C=O) groups excluding carboxylic acids is 1. The van der Waals surface area contributed by atoms with E-state index in [0.29, 0.717) is 19.0 Å². The topological polar surface area (TPSA) is 54.3 Å². The van der Waals surface area contributed by atoms with Crippen molar-refractivity contribution >= 4 is 11.6 Å². The Morgan fingerprint density at radius 2 is 2.29 bits per heavy atom. The first kappa shape index (κ1) is 15.2. The fourth-order valence-corrected chi connectivity index (χ4v) is 3.84. The number of pyridine rings is 1. The molecule has 24 heavy (non-hydrogen) atoms. The molecule has 2 aromatic heterocycles. The standard InChI is InChI=1S/C18H23N5O/c1-13-14(10-20-21(13)2)9-18(24)22-11-15-5-4-8-23(15)17-6-3-7-19-16(17)12-22/h3,6-7,10,15H,4-5,8-9,11-12H2,1-2H3/t15-/m0/s1. The highest BCUT2D eigenvalue weighted by Gasteiger charge is 2.33. The van der Waals surface area contributed by atoms with Gasteiger partial charge in [0.05, 0.1) is 30.5 Å². The molecule has 4 rings (SSSR count). The fraction of sp³-hybridized carbons (Fsp3) is 0.500. The molecule has 126 valence electrons. The number of hydrogen-bond donors (Lipinski definition) is 0. The highest BCUT2D eigenvalue weighted by molar-refractivity contribution is 5.79. The van der Waals surface area contributed by atoms with Crippen molar-refractivity contribution in [2.24, 2.45) is 7.05 Å². The van der Waals surface area contributed by atoms with E-state index in [1.54, 1.807) is 6.20 Å². The lowest BCUT2D eigenvalue weighted by Crippen LogP contribution is -2.40. The van der Waals surface area contributed by atoms with Crippen LogP contribution in [0.5, 0.6) is 0 Å². The molecule has 2 aromatic rings. The van der Waals surface area contributed by atoms with Gasteiger partial charge in [-0.3, -0.25) is 14.5 Å². The maximum Gasteiger partial charge on any atom is 0.227 e. The molecule has 0 N–H and O–H groups in total. The molecule has 0 spiro atoms. The van der Waals surface area contributed by atoms with Crippen LogP contribution in [0.15, 0.2) is 24.5 Å². The van der Waals surface area contributed by atoms with Gasteiger partial charge in [0.15, 0.2) is 0 Å². The van der Waals surface area contributed by atoms with Crippen LogP contribution >= 0.6 is 0 Å². The number of fused-ring (bicyclic) bond motifs is 3. The predicted molar refractivity (Wildman–Crippen MR) is 91.7 cm³/mol. The normalized spacial score (nSPS) is 19.8. The van der Waals surface area contributed by atoms with Crippen LogP contribution in [0.25, 0.3) is 0 Å². The average molecular weight is 325 g/mol. The monoisotopic (exact) mass is 325 g/mol. The Kier molecular flexibility index (Phi) is 3.75. The van der Waals surface area contributed by atoms with E-state index >= 15 is 0 Å². The maximum atomic E-state index is 12.9. The molecule has 0 unspecified atom stereocenters. The maximum absolute atomic E-state index is 12.9. The van der Waals surface area contributed by atoms with Crippen molar-refractivity contribution in [1.82, 2.24) is 19.7 Å². The zero-order valence-electron chi connectivity index (χ0n) is 14.3. The number of hydrogen-bond acceptors (Lipinski definition) is 4. The van der Waals surface area contributed by atoms with Crippen LogP contribution in [0.4, 0.5) is 5.69 Å². The first-order valence-electron chi connectivity index (χ1n) is 8.59. The molecule has 1 amide bonds. The molecular formula is C18H23N5O. The molecular weight excluding hydrogens is 302 g/mol. The quantitative estimate of drug-likeness (QED) is 0.843. The zero-order valence-corrected chi connectivity index (χ0v) is 14.3. The molecule has 2 aliphatic heterocycles. The second-order valence-corrected chi connectivity index (χ2v) is 6.79. The van der Waals surface area contributed by atoms with Crippen molar-refractivity contribution in [3.8, 4) is 0 Å². The summed E-state index contributed by atoms with van der Waals surface area (Å²) in [6, 6.07) is 4.54. The summed E-state index contributed by atoms with van der Waals surface area (Å²) in [6.45, 7) is 4.45. The first-order valence-corrected chi connectivity index (χ1v) is 8.59. The van der Waals surface area contributed by atoms with Crippen molar-refractivity contribution in [3.05, 3.63) is 41.5 Å². The third-order valence-corrected chi connectivity index (χ3v) is 5.36. The van der Waals surface area contributed by atoms with Gasteiger partial charge in [-0.2, -0.15) is 5.10 Å². The van der Waals surface area contributed by atoms with Crippen molar-refractivity contribution in [1.29, 1.82) is 0 Å². The number of amides is 1. The number of anilines is 1. The van der Waals surface area contributed by atoms with E-state index in [9.17, 15) is 4.79 Å². The van der Waals surface area contributed by atoms with Gasteiger partial charge in [-0.05, 0) is 31.9 Å². The average Bonchev–Trinajstić information content (AvgIpc) is 3.12. The summed E-state index contributed by atoms with van der Waals surface area (Å²) in [5.74, 6) is 0.163. The van der Waals surface area contributed by atoms with Crippen LogP contribution in [-0.4, -0.2) is 44.7 Å². The van der Waals surface area contributed by atoms with Crippen LogP contribution in [0.3, 0.4) is 0 Å². The summed E-state index contributed by atoms with van der Waals surface area (Å²) in [5, 5.41) is 4.25. The minimum absolute atomic E-state index is 0.163. The Hall–Kier alpha value is -2.37. The van der Waals surface area contributed by atoms with Gasteiger partial charge in [0.1, 0.15) is 0 Å². The Balaban J connectivity index is 1.59. The number of carbonyl (C=O) groups is 1. The first-order chi connectivity index (χ1) is 11.6.